The molecule has 2 rings (SSSR count). The summed E-state index contributed by atoms with van der Waals surface area (Å²) >= 11 is 4.46. The lowest BCUT2D eigenvalue weighted by molar-refractivity contribution is 0.0601. The van der Waals surface area contributed by atoms with Crippen LogP contribution in [0.4, 0.5) is 0 Å². The zero-order valence-corrected chi connectivity index (χ0v) is 14.6. The van der Waals surface area contributed by atoms with E-state index in [4.69, 9.17) is 4.74 Å². The van der Waals surface area contributed by atoms with E-state index in [0.29, 0.717) is 27.1 Å². The van der Waals surface area contributed by atoms with Crippen LogP contribution in [0.15, 0.2) is 41.3 Å². The van der Waals surface area contributed by atoms with E-state index in [-0.39, 0.29) is 5.41 Å². The third-order valence-electron chi connectivity index (χ3n) is 3.76. The lowest BCUT2D eigenvalue weighted by Gasteiger charge is -2.21. The minimum Gasteiger partial charge on any atom is -0.465 e. The molecule has 0 atom stereocenters. The fourth-order valence-electron chi connectivity index (χ4n) is 2.46. The number of rotatable bonds is 3. The summed E-state index contributed by atoms with van der Waals surface area (Å²) in [5.74, 6) is -0.451. The molecule has 3 nitrogen and oxygen atoms in total. The van der Waals surface area contributed by atoms with E-state index in [0.717, 1.165) is 11.8 Å². The molecule has 0 saturated carbocycles. The summed E-state index contributed by atoms with van der Waals surface area (Å²) in [5.41, 5.74) is 3.21. The summed E-state index contributed by atoms with van der Waals surface area (Å²) in [4.78, 5) is 24.3. The molecule has 0 N–H and O–H groups in total. The van der Waals surface area contributed by atoms with Gasteiger partial charge in [0.2, 0.25) is 0 Å². The number of ether oxygens (including phenoxy) is 1. The van der Waals surface area contributed by atoms with Crippen LogP contribution in [0.25, 0.3) is 11.1 Å². The van der Waals surface area contributed by atoms with Crippen molar-refractivity contribution in [2.45, 2.75) is 31.1 Å². The molecule has 2 aromatic rings. The number of aldehydes is 1. The number of esters is 1. The zero-order valence-electron chi connectivity index (χ0n) is 13.7. The Morgan fingerprint density at radius 2 is 1.87 bits per heavy atom. The van der Waals surface area contributed by atoms with Crippen molar-refractivity contribution in [1.82, 2.24) is 0 Å². The van der Waals surface area contributed by atoms with Crippen molar-refractivity contribution in [2.75, 3.05) is 7.11 Å². The highest BCUT2D eigenvalue weighted by Crippen LogP contribution is 2.35. The van der Waals surface area contributed by atoms with Crippen LogP contribution in [0.1, 0.15) is 47.1 Å². The molecule has 0 unspecified atom stereocenters. The van der Waals surface area contributed by atoms with Gasteiger partial charge in [-0.3, -0.25) is 4.79 Å². The Labute approximate surface area is 142 Å². The van der Waals surface area contributed by atoms with Gasteiger partial charge in [-0.05, 0) is 34.7 Å². The molecule has 0 fully saturated rings. The van der Waals surface area contributed by atoms with E-state index in [2.05, 4.69) is 33.4 Å². The Bertz CT molecular complexity index is 758. The quantitative estimate of drug-likeness (QED) is 0.511. The summed E-state index contributed by atoms with van der Waals surface area (Å²) in [5, 5.41) is 0. The number of hydrogen-bond acceptors (Lipinski definition) is 4. The van der Waals surface area contributed by atoms with Crippen LogP contribution < -0.4 is 0 Å². The molecule has 0 radical (unpaired) electrons. The van der Waals surface area contributed by atoms with E-state index in [9.17, 15) is 9.59 Å². The Kier molecular flexibility index (Phi) is 4.95. The van der Waals surface area contributed by atoms with Gasteiger partial charge in [0, 0.05) is 16.0 Å². The van der Waals surface area contributed by atoms with Gasteiger partial charge >= 0.3 is 5.97 Å². The zero-order chi connectivity index (χ0) is 17.2. The third kappa shape index (κ3) is 3.48. The van der Waals surface area contributed by atoms with Crippen molar-refractivity contribution in [1.29, 1.82) is 0 Å². The minimum absolute atomic E-state index is 0.0675. The topological polar surface area (TPSA) is 43.4 Å². The van der Waals surface area contributed by atoms with Gasteiger partial charge in [0.05, 0.1) is 12.7 Å². The second kappa shape index (κ2) is 6.59. The number of carbonyl (C=O) groups excluding carboxylic acids is 2. The Balaban J connectivity index is 2.73. The van der Waals surface area contributed by atoms with Crippen LogP contribution in [0, 0.1) is 0 Å². The first-order valence-electron chi connectivity index (χ1n) is 7.30. The second-order valence-corrected chi connectivity index (χ2v) is 6.84. The summed E-state index contributed by atoms with van der Waals surface area (Å²) < 4.78 is 4.84. The Morgan fingerprint density at radius 1 is 1.17 bits per heavy atom. The van der Waals surface area contributed by atoms with Crippen molar-refractivity contribution in [3.63, 3.8) is 0 Å². The first-order valence-corrected chi connectivity index (χ1v) is 7.74. The maximum atomic E-state index is 12.0. The average molecular weight is 328 g/mol. The number of benzene rings is 2. The van der Waals surface area contributed by atoms with Gasteiger partial charge in [-0.25, -0.2) is 4.79 Å². The van der Waals surface area contributed by atoms with Crippen LogP contribution >= 0.6 is 12.6 Å². The van der Waals surface area contributed by atoms with Gasteiger partial charge in [-0.15, -0.1) is 12.6 Å². The van der Waals surface area contributed by atoms with E-state index in [1.165, 1.54) is 7.11 Å². The molecule has 0 heterocycles. The molecule has 0 aliphatic rings. The van der Waals surface area contributed by atoms with Crippen LogP contribution in [-0.2, 0) is 10.2 Å². The lowest BCUT2D eigenvalue weighted by atomic mass is 9.84. The van der Waals surface area contributed by atoms with E-state index < -0.39 is 5.97 Å². The van der Waals surface area contributed by atoms with Crippen LogP contribution in [0.5, 0.6) is 0 Å². The monoisotopic (exact) mass is 328 g/mol. The molecule has 0 spiro atoms. The Morgan fingerprint density at radius 3 is 2.43 bits per heavy atom. The van der Waals surface area contributed by atoms with Crippen molar-refractivity contribution in [3.8, 4) is 11.1 Å². The van der Waals surface area contributed by atoms with Gasteiger partial charge in [0.15, 0.2) is 6.29 Å². The summed E-state index contributed by atoms with van der Waals surface area (Å²) in [6.45, 7) is 6.26. The van der Waals surface area contributed by atoms with Gasteiger partial charge in [0.1, 0.15) is 0 Å². The molecule has 0 aliphatic heterocycles. The average Bonchev–Trinajstić information content (AvgIpc) is 2.52. The normalized spacial score (nSPS) is 11.2. The molecule has 0 aliphatic carbocycles. The molecule has 23 heavy (non-hydrogen) atoms. The van der Waals surface area contributed by atoms with Gasteiger partial charge in [0.25, 0.3) is 0 Å². The smallest absolute Gasteiger partial charge is 0.338 e. The van der Waals surface area contributed by atoms with Crippen molar-refractivity contribution >= 4 is 24.9 Å². The molecular formula is C19H20O3S. The predicted molar refractivity (Wildman–Crippen MR) is 94.6 cm³/mol. The molecule has 4 heteroatoms. The van der Waals surface area contributed by atoms with Crippen molar-refractivity contribution in [2.24, 2.45) is 0 Å². The molecule has 0 saturated heterocycles. The van der Waals surface area contributed by atoms with Crippen LogP contribution in [0.3, 0.4) is 0 Å². The first-order chi connectivity index (χ1) is 10.8. The fraction of sp³-hybridized carbons (Fsp3) is 0.263. The van der Waals surface area contributed by atoms with Crippen LogP contribution in [-0.4, -0.2) is 19.4 Å². The van der Waals surface area contributed by atoms with Crippen LogP contribution in [0.2, 0.25) is 0 Å². The van der Waals surface area contributed by atoms with E-state index >= 15 is 0 Å². The first kappa shape index (κ1) is 17.3. The summed E-state index contributed by atoms with van der Waals surface area (Å²) in [7, 11) is 1.33. The molecule has 0 bridgehead atoms. The Hall–Kier alpha value is -2.07. The molecule has 0 aromatic heterocycles. The highest BCUT2D eigenvalue weighted by atomic mass is 32.1. The number of methoxy groups -OCH3 is 1. The third-order valence-corrected chi connectivity index (χ3v) is 4.13. The lowest BCUT2D eigenvalue weighted by Crippen LogP contribution is -2.12. The summed E-state index contributed by atoms with van der Waals surface area (Å²) in [6.07, 6.45) is 0.811. The maximum Gasteiger partial charge on any atom is 0.338 e. The minimum atomic E-state index is -0.451. The summed E-state index contributed by atoms with van der Waals surface area (Å²) in [6, 6.07) is 10.9. The van der Waals surface area contributed by atoms with Gasteiger partial charge in [-0.2, -0.15) is 0 Å². The van der Waals surface area contributed by atoms with Gasteiger partial charge in [-0.1, -0.05) is 39.0 Å². The molecule has 120 valence electrons. The van der Waals surface area contributed by atoms with E-state index in [1.54, 1.807) is 18.2 Å². The maximum absolute atomic E-state index is 12.0. The highest BCUT2D eigenvalue weighted by Gasteiger charge is 2.20. The number of carbonyl (C=O) groups is 2. The molecule has 0 amide bonds. The molecule has 2 aromatic carbocycles. The standard InChI is InChI=1S/C19H20O3S/c1-19(2,3)13-8-9-14(12(10-13)11-20)17-15(18(21)22-4)6-5-7-16(17)23/h5-11,23H,1-4H3. The molecular weight excluding hydrogens is 308 g/mol. The number of thiol groups is 1. The highest BCUT2D eigenvalue weighted by molar-refractivity contribution is 7.80. The van der Waals surface area contributed by atoms with Gasteiger partial charge < -0.3 is 4.74 Å². The number of hydrogen-bond donors (Lipinski definition) is 1. The van der Waals surface area contributed by atoms with Crippen molar-refractivity contribution in [3.05, 3.63) is 53.1 Å². The second-order valence-electron chi connectivity index (χ2n) is 6.36. The SMILES string of the molecule is COC(=O)c1cccc(S)c1-c1ccc(C(C)(C)C)cc1C=O. The largest absolute Gasteiger partial charge is 0.465 e. The fourth-order valence-corrected chi connectivity index (χ4v) is 2.78. The van der Waals surface area contributed by atoms with Crippen molar-refractivity contribution < 1.29 is 14.3 Å². The van der Waals surface area contributed by atoms with E-state index in [1.807, 2.05) is 18.2 Å². The predicted octanol–water partition coefficient (Wildman–Crippen LogP) is 4.54.